The molecule has 0 saturated heterocycles. The summed E-state index contributed by atoms with van der Waals surface area (Å²) < 4.78 is 38.0. The molecule has 0 spiro atoms. The third-order valence-corrected chi connectivity index (χ3v) is 6.61. The largest absolute Gasteiger partial charge is 0.497 e. The van der Waals surface area contributed by atoms with Crippen molar-refractivity contribution < 1.29 is 17.9 Å². The second-order valence-electron chi connectivity index (χ2n) is 4.90. The highest BCUT2D eigenvalue weighted by Gasteiger charge is 2.16. The van der Waals surface area contributed by atoms with Gasteiger partial charge in [0, 0.05) is 17.5 Å². The van der Waals surface area contributed by atoms with Gasteiger partial charge in [-0.15, -0.1) is 11.3 Å². The molecule has 0 amide bonds. The first-order chi connectivity index (χ1) is 11.0. The van der Waals surface area contributed by atoms with Crippen LogP contribution in [0.25, 0.3) is 0 Å². The highest BCUT2D eigenvalue weighted by molar-refractivity contribution is 7.91. The lowest BCUT2D eigenvalue weighted by molar-refractivity contribution is 0.391. The van der Waals surface area contributed by atoms with Gasteiger partial charge in [0.05, 0.1) is 14.2 Å². The van der Waals surface area contributed by atoms with Gasteiger partial charge in [-0.05, 0) is 36.6 Å². The Kier molecular flexibility index (Phi) is 6.04. The van der Waals surface area contributed by atoms with Crippen LogP contribution in [0.4, 0.5) is 0 Å². The van der Waals surface area contributed by atoms with Crippen molar-refractivity contribution in [1.82, 2.24) is 4.72 Å². The molecule has 7 heteroatoms. The number of rotatable bonds is 8. The van der Waals surface area contributed by atoms with Crippen molar-refractivity contribution in [2.45, 2.75) is 24.0 Å². The first-order valence-electron chi connectivity index (χ1n) is 7.29. The minimum absolute atomic E-state index is 0.310. The lowest BCUT2D eigenvalue weighted by Gasteiger charge is -2.11. The van der Waals surface area contributed by atoms with E-state index in [-0.39, 0.29) is 0 Å². The molecule has 0 aliphatic rings. The highest BCUT2D eigenvalue weighted by Crippen LogP contribution is 2.25. The SMILES string of the molecule is CCc1ccc(S(=O)(=O)NCCc2ccc(OC)cc2OC)s1. The molecule has 0 aliphatic heterocycles. The lowest BCUT2D eigenvalue weighted by Crippen LogP contribution is -2.25. The Balaban J connectivity index is 2.01. The predicted octanol–water partition coefficient (Wildman–Crippen LogP) is 2.85. The Hall–Kier alpha value is -1.57. The number of nitrogens with one attached hydrogen (secondary N) is 1. The molecule has 2 rings (SSSR count). The number of benzene rings is 1. The molecule has 126 valence electrons. The summed E-state index contributed by atoms with van der Waals surface area (Å²) in [4.78, 5) is 1.06. The van der Waals surface area contributed by atoms with E-state index in [9.17, 15) is 8.42 Å². The van der Waals surface area contributed by atoms with Crippen molar-refractivity contribution in [3.8, 4) is 11.5 Å². The van der Waals surface area contributed by atoms with Crippen LogP contribution in [-0.4, -0.2) is 29.2 Å². The van der Waals surface area contributed by atoms with Crippen LogP contribution in [0.5, 0.6) is 11.5 Å². The molecular weight excluding hydrogens is 334 g/mol. The molecule has 1 aromatic carbocycles. The summed E-state index contributed by atoms with van der Waals surface area (Å²) in [5.41, 5.74) is 0.927. The molecule has 1 heterocycles. The van der Waals surface area contributed by atoms with Crippen LogP contribution >= 0.6 is 11.3 Å². The summed E-state index contributed by atoms with van der Waals surface area (Å²) >= 11 is 1.31. The number of aryl methyl sites for hydroxylation is 1. The van der Waals surface area contributed by atoms with E-state index < -0.39 is 10.0 Å². The van der Waals surface area contributed by atoms with Crippen molar-refractivity contribution in [3.05, 3.63) is 40.8 Å². The molecule has 0 fully saturated rings. The Morgan fingerprint density at radius 2 is 1.91 bits per heavy atom. The minimum Gasteiger partial charge on any atom is -0.497 e. The molecule has 2 aromatic rings. The van der Waals surface area contributed by atoms with Crippen LogP contribution in [0.3, 0.4) is 0 Å². The van der Waals surface area contributed by atoms with Gasteiger partial charge in [-0.3, -0.25) is 0 Å². The Morgan fingerprint density at radius 1 is 1.13 bits per heavy atom. The quantitative estimate of drug-likeness (QED) is 0.791. The topological polar surface area (TPSA) is 64.6 Å². The second-order valence-corrected chi connectivity index (χ2v) is 8.06. The van der Waals surface area contributed by atoms with Gasteiger partial charge in [0.25, 0.3) is 0 Å². The zero-order valence-corrected chi connectivity index (χ0v) is 15.1. The van der Waals surface area contributed by atoms with E-state index in [1.807, 2.05) is 25.1 Å². The van der Waals surface area contributed by atoms with Crippen molar-refractivity contribution in [2.75, 3.05) is 20.8 Å². The maximum Gasteiger partial charge on any atom is 0.250 e. The Labute approximate surface area is 141 Å². The van der Waals surface area contributed by atoms with Gasteiger partial charge in [-0.2, -0.15) is 0 Å². The summed E-state index contributed by atoms with van der Waals surface area (Å²) in [6, 6.07) is 9.01. The number of sulfonamides is 1. The van der Waals surface area contributed by atoms with Crippen LogP contribution in [0.1, 0.15) is 17.4 Å². The predicted molar refractivity (Wildman–Crippen MR) is 92.1 cm³/mol. The Morgan fingerprint density at radius 3 is 2.52 bits per heavy atom. The van der Waals surface area contributed by atoms with Gasteiger partial charge < -0.3 is 9.47 Å². The van der Waals surface area contributed by atoms with E-state index >= 15 is 0 Å². The third kappa shape index (κ3) is 4.46. The molecule has 1 aromatic heterocycles. The highest BCUT2D eigenvalue weighted by atomic mass is 32.2. The summed E-state index contributed by atoms with van der Waals surface area (Å²) in [5.74, 6) is 1.39. The average Bonchev–Trinajstić information content (AvgIpc) is 3.05. The molecular formula is C16H21NO4S2. The first-order valence-corrected chi connectivity index (χ1v) is 9.59. The average molecular weight is 355 g/mol. The lowest BCUT2D eigenvalue weighted by atomic mass is 10.1. The zero-order chi connectivity index (χ0) is 16.9. The fourth-order valence-electron chi connectivity index (χ4n) is 2.14. The van der Waals surface area contributed by atoms with E-state index in [4.69, 9.17) is 9.47 Å². The molecule has 0 radical (unpaired) electrons. The number of hydrogen-bond donors (Lipinski definition) is 1. The minimum atomic E-state index is -3.45. The van der Waals surface area contributed by atoms with Gasteiger partial charge in [0.2, 0.25) is 10.0 Å². The molecule has 0 unspecified atom stereocenters. The fraction of sp³-hybridized carbons (Fsp3) is 0.375. The van der Waals surface area contributed by atoms with Gasteiger partial charge in [0.15, 0.2) is 0 Å². The van der Waals surface area contributed by atoms with Gasteiger partial charge in [0.1, 0.15) is 15.7 Å². The van der Waals surface area contributed by atoms with Crippen LogP contribution < -0.4 is 14.2 Å². The molecule has 0 bridgehead atoms. The Bertz CT molecular complexity index is 753. The fourth-order valence-corrected chi connectivity index (χ4v) is 4.51. The van der Waals surface area contributed by atoms with Crippen LogP contribution in [-0.2, 0) is 22.9 Å². The number of methoxy groups -OCH3 is 2. The van der Waals surface area contributed by atoms with E-state index in [0.717, 1.165) is 16.9 Å². The zero-order valence-electron chi connectivity index (χ0n) is 13.5. The van der Waals surface area contributed by atoms with E-state index in [2.05, 4.69) is 4.72 Å². The molecule has 0 atom stereocenters. The maximum absolute atomic E-state index is 12.3. The van der Waals surface area contributed by atoms with Crippen LogP contribution in [0.15, 0.2) is 34.5 Å². The molecule has 0 saturated carbocycles. The first kappa shape index (κ1) is 17.8. The monoisotopic (exact) mass is 355 g/mol. The maximum atomic E-state index is 12.3. The normalized spacial score (nSPS) is 11.4. The van der Waals surface area contributed by atoms with E-state index in [1.165, 1.54) is 11.3 Å². The summed E-state index contributed by atoms with van der Waals surface area (Å²) in [6.45, 7) is 2.32. The smallest absolute Gasteiger partial charge is 0.250 e. The molecule has 23 heavy (non-hydrogen) atoms. The second kappa shape index (κ2) is 7.81. The number of ether oxygens (including phenoxy) is 2. The van der Waals surface area contributed by atoms with Gasteiger partial charge >= 0.3 is 0 Å². The van der Waals surface area contributed by atoms with Crippen molar-refractivity contribution >= 4 is 21.4 Å². The molecule has 1 N–H and O–H groups in total. The summed E-state index contributed by atoms with van der Waals surface area (Å²) in [7, 11) is -0.274. The van der Waals surface area contributed by atoms with Gasteiger partial charge in [-0.1, -0.05) is 13.0 Å². The van der Waals surface area contributed by atoms with Crippen molar-refractivity contribution in [3.63, 3.8) is 0 Å². The van der Waals surface area contributed by atoms with Crippen molar-refractivity contribution in [2.24, 2.45) is 0 Å². The van der Waals surface area contributed by atoms with E-state index in [1.54, 1.807) is 26.4 Å². The number of hydrogen-bond acceptors (Lipinski definition) is 5. The standard InChI is InChI=1S/C16H21NO4S2/c1-4-14-7-8-16(22-14)23(18,19)17-10-9-12-5-6-13(20-2)11-15(12)21-3/h5-8,11,17H,4,9-10H2,1-3H3. The van der Waals surface area contributed by atoms with E-state index in [0.29, 0.717) is 28.7 Å². The summed E-state index contributed by atoms with van der Waals surface area (Å²) in [5, 5.41) is 0. The number of thiophene rings is 1. The van der Waals surface area contributed by atoms with Gasteiger partial charge in [-0.25, -0.2) is 13.1 Å². The summed E-state index contributed by atoms with van der Waals surface area (Å²) in [6.07, 6.45) is 1.38. The van der Waals surface area contributed by atoms with Crippen LogP contribution in [0, 0.1) is 0 Å². The molecule has 5 nitrogen and oxygen atoms in total. The third-order valence-electron chi connectivity index (χ3n) is 3.43. The van der Waals surface area contributed by atoms with Crippen molar-refractivity contribution in [1.29, 1.82) is 0 Å². The van der Waals surface area contributed by atoms with Crippen LogP contribution in [0.2, 0.25) is 0 Å². The molecule has 0 aliphatic carbocycles.